The van der Waals surface area contributed by atoms with Gasteiger partial charge in [0, 0.05) is 17.5 Å². The molecule has 1 heterocycles. The molecule has 0 aliphatic carbocycles. The second-order valence-corrected chi connectivity index (χ2v) is 11.2. The molecule has 0 bridgehead atoms. The van der Waals surface area contributed by atoms with Crippen molar-refractivity contribution in [1.82, 2.24) is 0 Å². The molecule has 0 saturated heterocycles. The lowest BCUT2D eigenvalue weighted by atomic mass is 9.93. The molecule has 0 aromatic heterocycles. The van der Waals surface area contributed by atoms with Crippen LogP contribution < -0.4 is 15.0 Å². The minimum atomic E-state index is -0.543. The van der Waals surface area contributed by atoms with Gasteiger partial charge in [0.25, 0.3) is 0 Å². The maximum Gasteiger partial charge on any atom is 0.341 e. The predicted molar refractivity (Wildman–Crippen MR) is 163 cm³/mol. The van der Waals surface area contributed by atoms with Crippen molar-refractivity contribution in [2.75, 3.05) is 17.3 Å². The fraction of sp³-hybridized carbons (Fsp3) is 0.324. The topological polar surface area (TPSA) is 94.2 Å². The first-order valence-electron chi connectivity index (χ1n) is 14.0. The Bertz CT molecular complexity index is 1450. The van der Waals surface area contributed by atoms with Gasteiger partial charge in [0.1, 0.15) is 18.0 Å². The maximum absolute atomic E-state index is 14.0. The monoisotopic (exact) mass is 570 g/mol. The van der Waals surface area contributed by atoms with E-state index in [1.165, 1.54) is 0 Å². The molecular weight excluding hydrogens is 532 g/mol. The van der Waals surface area contributed by atoms with E-state index in [1.807, 2.05) is 101 Å². The molecule has 220 valence electrons. The molecule has 1 aliphatic rings. The van der Waals surface area contributed by atoms with E-state index in [2.05, 4.69) is 5.32 Å². The number of cyclic esters (lactones) is 1. The van der Waals surface area contributed by atoms with Crippen LogP contribution in [0, 0.1) is 6.92 Å². The van der Waals surface area contributed by atoms with Crippen molar-refractivity contribution >= 4 is 35.0 Å². The number of rotatable bonds is 9. The number of methoxy groups -OCH3 is 1. The van der Waals surface area contributed by atoms with Crippen LogP contribution in [0.15, 0.2) is 72.3 Å². The predicted octanol–water partition coefficient (Wildman–Crippen LogP) is 7.65. The van der Waals surface area contributed by atoms with Crippen LogP contribution in [0.1, 0.15) is 67.6 Å². The number of urea groups is 1. The minimum Gasteiger partial charge on any atom is -0.496 e. The maximum atomic E-state index is 14.0. The van der Waals surface area contributed by atoms with Crippen molar-refractivity contribution in [1.29, 1.82) is 0 Å². The van der Waals surface area contributed by atoms with Crippen LogP contribution >= 0.6 is 0 Å². The third-order valence-electron chi connectivity index (χ3n) is 6.94. The van der Waals surface area contributed by atoms with Gasteiger partial charge in [-0.2, -0.15) is 0 Å². The largest absolute Gasteiger partial charge is 0.496 e. The smallest absolute Gasteiger partial charge is 0.341 e. The Labute approximate surface area is 247 Å². The van der Waals surface area contributed by atoms with Crippen molar-refractivity contribution in [3.05, 3.63) is 94.6 Å². The molecular formula is C34H38N2O6. The van der Waals surface area contributed by atoms with Crippen LogP contribution in [-0.4, -0.2) is 30.7 Å². The van der Waals surface area contributed by atoms with E-state index in [1.54, 1.807) is 12.0 Å². The highest BCUT2D eigenvalue weighted by molar-refractivity contribution is 6.11. The number of carbonyl (C=O) groups excluding carboxylic acids is 3. The van der Waals surface area contributed by atoms with E-state index in [9.17, 15) is 14.4 Å². The van der Waals surface area contributed by atoms with E-state index >= 15 is 0 Å². The van der Waals surface area contributed by atoms with Gasteiger partial charge in [0.2, 0.25) is 0 Å². The van der Waals surface area contributed by atoms with Crippen LogP contribution in [-0.2, 0) is 27.3 Å². The summed E-state index contributed by atoms with van der Waals surface area (Å²) in [5, 5.41) is 3.04. The van der Waals surface area contributed by atoms with Gasteiger partial charge in [-0.25, -0.2) is 9.59 Å². The average Bonchev–Trinajstić information content (AvgIpc) is 3.34. The number of hydrogen-bond acceptors (Lipinski definition) is 6. The molecule has 3 aromatic rings. The third-order valence-corrected chi connectivity index (χ3v) is 6.94. The van der Waals surface area contributed by atoms with E-state index in [0.29, 0.717) is 52.3 Å². The number of nitrogens with zero attached hydrogens (tertiary/aromatic N) is 1. The first kappa shape index (κ1) is 30.4. The van der Waals surface area contributed by atoms with Gasteiger partial charge in [-0.05, 0) is 77.3 Å². The summed E-state index contributed by atoms with van der Waals surface area (Å²) in [7, 11) is 1.57. The summed E-state index contributed by atoms with van der Waals surface area (Å²) in [4.78, 5) is 40.9. The van der Waals surface area contributed by atoms with Gasteiger partial charge >= 0.3 is 18.0 Å². The molecule has 0 saturated carbocycles. The summed E-state index contributed by atoms with van der Waals surface area (Å²) >= 11 is 0. The van der Waals surface area contributed by atoms with Crippen molar-refractivity contribution in [2.24, 2.45) is 0 Å². The minimum absolute atomic E-state index is 0.103. The number of ether oxygens (including phenoxy) is 3. The number of amides is 2. The molecule has 0 atom stereocenters. The molecule has 1 N–H and O–H groups in total. The number of anilines is 3. The lowest BCUT2D eigenvalue weighted by Gasteiger charge is -2.26. The van der Waals surface area contributed by atoms with Crippen molar-refractivity contribution in [3.8, 4) is 5.75 Å². The zero-order valence-corrected chi connectivity index (χ0v) is 25.1. The molecule has 0 radical (unpaired) electrons. The summed E-state index contributed by atoms with van der Waals surface area (Å²) in [6.45, 7) is 9.45. The number of para-hydroxylation sites is 2. The van der Waals surface area contributed by atoms with E-state index in [-0.39, 0.29) is 19.0 Å². The molecule has 0 spiro atoms. The molecule has 0 unspecified atom stereocenters. The van der Waals surface area contributed by atoms with Gasteiger partial charge < -0.3 is 19.5 Å². The third kappa shape index (κ3) is 7.00. The number of esters is 2. The number of hydrogen-bond donors (Lipinski definition) is 1. The molecule has 0 fully saturated rings. The molecule has 42 heavy (non-hydrogen) atoms. The molecule has 3 aromatic carbocycles. The van der Waals surface area contributed by atoms with Crippen LogP contribution in [0.5, 0.6) is 5.75 Å². The van der Waals surface area contributed by atoms with Gasteiger partial charge in [0.05, 0.1) is 29.7 Å². The summed E-state index contributed by atoms with van der Waals surface area (Å²) in [5.41, 5.74) is 4.57. The Morgan fingerprint density at radius 3 is 2.14 bits per heavy atom. The lowest BCUT2D eigenvalue weighted by molar-refractivity contribution is -0.154. The van der Waals surface area contributed by atoms with Crippen LogP contribution in [0.4, 0.5) is 21.9 Å². The Morgan fingerprint density at radius 1 is 1.00 bits per heavy atom. The molecule has 8 nitrogen and oxygen atoms in total. The van der Waals surface area contributed by atoms with Gasteiger partial charge in [0.15, 0.2) is 0 Å². The van der Waals surface area contributed by atoms with Crippen molar-refractivity contribution in [3.63, 3.8) is 0 Å². The van der Waals surface area contributed by atoms with E-state index in [0.717, 1.165) is 11.1 Å². The summed E-state index contributed by atoms with van der Waals surface area (Å²) in [6, 6.07) is 18.2. The highest BCUT2D eigenvalue weighted by Gasteiger charge is 2.33. The van der Waals surface area contributed by atoms with Crippen LogP contribution in [0.25, 0.3) is 0 Å². The number of carbonyl (C=O) groups is 3. The van der Waals surface area contributed by atoms with E-state index in [4.69, 9.17) is 14.2 Å². The summed E-state index contributed by atoms with van der Waals surface area (Å²) in [6.07, 6.45) is 3.10. The lowest BCUT2D eigenvalue weighted by Crippen LogP contribution is -2.32. The molecule has 1 aliphatic heterocycles. The fourth-order valence-electron chi connectivity index (χ4n) is 4.96. The van der Waals surface area contributed by atoms with Crippen LogP contribution in [0.2, 0.25) is 0 Å². The molecule has 2 amide bonds. The zero-order chi connectivity index (χ0) is 30.4. The summed E-state index contributed by atoms with van der Waals surface area (Å²) in [5.74, 6) is -0.188. The molecule has 4 rings (SSSR count). The van der Waals surface area contributed by atoms with Gasteiger partial charge in [-0.3, -0.25) is 9.69 Å². The van der Waals surface area contributed by atoms with Gasteiger partial charge in [-0.15, -0.1) is 0 Å². The number of allylic oxidation sites excluding steroid dienone is 2. The van der Waals surface area contributed by atoms with Crippen molar-refractivity contribution < 1.29 is 28.6 Å². The Kier molecular flexibility index (Phi) is 9.35. The normalized spacial score (nSPS) is 12.8. The number of nitrogens with one attached hydrogen (secondary N) is 1. The van der Waals surface area contributed by atoms with Crippen molar-refractivity contribution in [2.45, 2.75) is 66.1 Å². The summed E-state index contributed by atoms with van der Waals surface area (Å²) < 4.78 is 16.7. The fourth-order valence-corrected chi connectivity index (χ4v) is 4.96. The first-order chi connectivity index (χ1) is 20.0. The van der Waals surface area contributed by atoms with Crippen LogP contribution in [0.3, 0.4) is 0 Å². The number of fused-ring (bicyclic) bond motifs is 1. The SMILES string of the molecule is COc1c(C)c2c(c(NC(=O)N(c3ccccc3)c3ccccc3)c1CC=C(C)CCC(=O)OC(C)(C)C)C(=O)OC2. The number of benzene rings is 3. The second-order valence-electron chi connectivity index (χ2n) is 11.2. The Morgan fingerprint density at radius 2 is 1.60 bits per heavy atom. The second kappa shape index (κ2) is 12.9. The first-order valence-corrected chi connectivity index (χ1v) is 14.0. The highest BCUT2D eigenvalue weighted by atomic mass is 16.6. The average molecular weight is 571 g/mol. The highest BCUT2D eigenvalue weighted by Crippen LogP contribution is 2.42. The van der Waals surface area contributed by atoms with Gasteiger partial charge in [-0.1, -0.05) is 48.0 Å². The quantitative estimate of drug-likeness (QED) is 0.210. The molecule has 8 heteroatoms. The Hall–Kier alpha value is -4.59. The standard InChI is InChI=1S/C34H38N2O6/c1-22(18-20-28(37)42-34(3,4)5)17-19-26-30(29-27(21-41-32(29)38)23(2)31(26)40-6)35-33(39)36(24-13-9-7-10-14-24)25-15-11-8-12-16-25/h7-17H,18-21H2,1-6H3,(H,35,39). The zero-order valence-electron chi connectivity index (χ0n) is 25.1. The van der Waals surface area contributed by atoms with E-state index < -0.39 is 17.6 Å². The Balaban J connectivity index is 1.72.